The molecular weight excluding hydrogens is 415 g/mol. The van der Waals surface area contributed by atoms with E-state index in [2.05, 4.69) is 65.8 Å². The maximum Gasteiger partial charge on any atom is 0.191 e. The number of rotatable bonds is 7. The molecule has 2 rings (SSSR count). The van der Waals surface area contributed by atoms with Crippen molar-refractivity contribution in [3.8, 4) is 0 Å². The molecule has 1 aromatic carbocycles. The summed E-state index contributed by atoms with van der Waals surface area (Å²) in [5.41, 5.74) is 2.53. The van der Waals surface area contributed by atoms with Gasteiger partial charge < -0.3 is 20.0 Å². The molecule has 24 heavy (non-hydrogen) atoms. The standard InChI is InChI=1S/C18H26N4O.HI/c1-4-19-18(21-14-17-6-5-13-23-17)20-12-11-15-7-9-16(10-8-15)22(2)3;/h5-10,13H,4,11-12,14H2,1-3H3,(H2,19,20,21);1H. The molecule has 1 aromatic heterocycles. The Morgan fingerprint density at radius 3 is 2.46 bits per heavy atom. The van der Waals surface area contributed by atoms with Crippen LogP contribution in [-0.2, 0) is 13.0 Å². The third-order valence-electron chi connectivity index (χ3n) is 3.48. The highest BCUT2D eigenvalue weighted by Crippen LogP contribution is 2.12. The Hall–Kier alpha value is -1.70. The summed E-state index contributed by atoms with van der Waals surface area (Å²) < 4.78 is 5.30. The van der Waals surface area contributed by atoms with Crippen LogP contribution in [-0.4, -0.2) is 33.1 Å². The lowest BCUT2D eigenvalue weighted by Gasteiger charge is -2.13. The number of nitrogens with zero attached hydrogens (tertiary/aromatic N) is 2. The van der Waals surface area contributed by atoms with Crippen LogP contribution in [0, 0.1) is 0 Å². The van der Waals surface area contributed by atoms with Crippen LogP contribution < -0.4 is 15.5 Å². The number of benzene rings is 1. The molecule has 0 fully saturated rings. The average molecular weight is 442 g/mol. The zero-order valence-corrected chi connectivity index (χ0v) is 16.9. The van der Waals surface area contributed by atoms with E-state index in [1.54, 1.807) is 6.26 Å². The SMILES string of the molecule is CCNC(=NCc1ccco1)NCCc1ccc(N(C)C)cc1.I. The number of anilines is 1. The quantitative estimate of drug-likeness (QED) is 0.393. The first-order valence-electron chi connectivity index (χ1n) is 8.00. The van der Waals surface area contributed by atoms with Crippen LogP contribution in [0.4, 0.5) is 5.69 Å². The zero-order valence-electron chi connectivity index (χ0n) is 14.6. The van der Waals surface area contributed by atoms with Crippen molar-refractivity contribution in [2.45, 2.75) is 19.9 Å². The van der Waals surface area contributed by atoms with E-state index in [1.807, 2.05) is 12.1 Å². The zero-order chi connectivity index (χ0) is 16.5. The lowest BCUT2D eigenvalue weighted by molar-refractivity contribution is 0.512. The van der Waals surface area contributed by atoms with Crippen molar-refractivity contribution in [2.24, 2.45) is 4.99 Å². The third kappa shape index (κ3) is 6.82. The van der Waals surface area contributed by atoms with Crippen molar-refractivity contribution in [1.29, 1.82) is 0 Å². The highest BCUT2D eigenvalue weighted by Gasteiger charge is 2.00. The Kier molecular flexibility index (Phi) is 9.29. The van der Waals surface area contributed by atoms with E-state index in [9.17, 15) is 0 Å². The summed E-state index contributed by atoms with van der Waals surface area (Å²) in [4.78, 5) is 6.62. The number of furan rings is 1. The van der Waals surface area contributed by atoms with Gasteiger partial charge in [-0.2, -0.15) is 0 Å². The summed E-state index contributed by atoms with van der Waals surface area (Å²) in [5, 5.41) is 6.60. The van der Waals surface area contributed by atoms with Crippen molar-refractivity contribution < 1.29 is 4.42 Å². The van der Waals surface area contributed by atoms with Crippen molar-refractivity contribution in [1.82, 2.24) is 10.6 Å². The van der Waals surface area contributed by atoms with Gasteiger partial charge in [-0.3, -0.25) is 0 Å². The molecule has 0 radical (unpaired) electrons. The highest BCUT2D eigenvalue weighted by atomic mass is 127. The number of aliphatic imine (C=N–C) groups is 1. The maximum absolute atomic E-state index is 5.30. The molecule has 0 saturated carbocycles. The van der Waals surface area contributed by atoms with E-state index < -0.39 is 0 Å². The predicted molar refractivity (Wildman–Crippen MR) is 111 cm³/mol. The van der Waals surface area contributed by atoms with Gasteiger partial charge in [0, 0.05) is 32.9 Å². The van der Waals surface area contributed by atoms with E-state index in [4.69, 9.17) is 4.42 Å². The van der Waals surface area contributed by atoms with Gasteiger partial charge in [0.1, 0.15) is 12.3 Å². The topological polar surface area (TPSA) is 52.8 Å². The molecule has 6 heteroatoms. The van der Waals surface area contributed by atoms with E-state index in [1.165, 1.54) is 11.3 Å². The van der Waals surface area contributed by atoms with Gasteiger partial charge in [-0.05, 0) is 43.2 Å². The second-order valence-electron chi connectivity index (χ2n) is 5.51. The van der Waals surface area contributed by atoms with E-state index >= 15 is 0 Å². The van der Waals surface area contributed by atoms with Crippen LogP contribution in [0.5, 0.6) is 0 Å². The molecule has 5 nitrogen and oxygen atoms in total. The molecule has 0 unspecified atom stereocenters. The molecule has 0 saturated heterocycles. The minimum atomic E-state index is 0. The van der Waals surface area contributed by atoms with Gasteiger partial charge in [-0.25, -0.2) is 4.99 Å². The summed E-state index contributed by atoms with van der Waals surface area (Å²) >= 11 is 0. The Morgan fingerprint density at radius 2 is 1.88 bits per heavy atom. The lowest BCUT2D eigenvalue weighted by Crippen LogP contribution is -2.38. The highest BCUT2D eigenvalue weighted by molar-refractivity contribution is 14.0. The number of guanidine groups is 1. The maximum atomic E-state index is 5.30. The molecule has 0 aliphatic rings. The smallest absolute Gasteiger partial charge is 0.191 e. The van der Waals surface area contributed by atoms with Crippen molar-refractivity contribution in [2.75, 3.05) is 32.1 Å². The Labute approximate surface area is 161 Å². The molecule has 2 N–H and O–H groups in total. The number of nitrogens with one attached hydrogen (secondary N) is 2. The fourth-order valence-electron chi connectivity index (χ4n) is 2.19. The Balaban J connectivity index is 0.00000288. The first kappa shape index (κ1) is 20.3. The van der Waals surface area contributed by atoms with E-state index in [0.717, 1.165) is 31.2 Å². The molecule has 0 spiro atoms. The van der Waals surface area contributed by atoms with Crippen molar-refractivity contribution >= 4 is 35.6 Å². The molecule has 0 bridgehead atoms. The summed E-state index contributed by atoms with van der Waals surface area (Å²) in [6.07, 6.45) is 2.63. The first-order chi connectivity index (χ1) is 11.2. The normalized spacial score (nSPS) is 10.9. The summed E-state index contributed by atoms with van der Waals surface area (Å²) in [6.45, 7) is 4.27. The number of hydrogen-bond donors (Lipinski definition) is 2. The van der Waals surface area contributed by atoms with Gasteiger partial charge in [0.25, 0.3) is 0 Å². The van der Waals surface area contributed by atoms with Crippen LogP contribution in [0.15, 0.2) is 52.1 Å². The molecular formula is C18H27IN4O. The molecule has 1 heterocycles. The first-order valence-corrected chi connectivity index (χ1v) is 8.00. The molecule has 0 amide bonds. The number of halogens is 1. The Morgan fingerprint density at radius 1 is 1.12 bits per heavy atom. The minimum absolute atomic E-state index is 0. The van der Waals surface area contributed by atoms with Gasteiger partial charge in [0.05, 0.1) is 6.26 Å². The number of hydrogen-bond acceptors (Lipinski definition) is 3. The van der Waals surface area contributed by atoms with Gasteiger partial charge in [0.15, 0.2) is 5.96 Å². The van der Waals surface area contributed by atoms with Crippen LogP contribution in [0.1, 0.15) is 18.2 Å². The lowest BCUT2D eigenvalue weighted by atomic mass is 10.1. The summed E-state index contributed by atoms with van der Waals surface area (Å²) in [6, 6.07) is 12.4. The largest absolute Gasteiger partial charge is 0.467 e. The van der Waals surface area contributed by atoms with Crippen molar-refractivity contribution in [3.63, 3.8) is 0 Å². The fraction of sp³-hybridized carbons (Fsp3) is 0.389. The fourth-order valence-corrected chi connectivity index (χ4v) is 2.19. The second-order valence-corrected chi connectivity index (χ2v) is 5.51. The van der Waals surface area contributed by atoms with E-state index in [0.29, 0.717) is 6.54 Å². The van der Waals surface area contributed by atoms with E-state index in [-0.39, 0.29) is 24.0 Å². The molecule has 0 aliphatic carbocycles. The monoisotopic (exact) mass is 442 g/mol. The van der Waals surface area contributed by atoms with Crippen LogP contribution >= 0.6 is 24.0 Å². The van der Waals surface area contributed by atoms with Gasteiger partial charge in [-0.1, -0.05) is 12.1 Å². The summed E-state index contributed by atoms with van der Waals surface area (Å²) in [5.74, 6) is 1.68. The third-order valence-corrected chi connectivity index (χ3v) is 3.48. The summed E-state index contributed by atoms with van der Waals surface area (Å²) in [7, 11) is 4.10. The molecule has 2 aromatic rings. The van der Waals surface area contributed by atoms with Gasteiger partial charge in [0.2, 0.25) is 0 Å². The van der Waals surface area contributed by atoms with Crippen LogP contribution in [0.25, 0.3) is 0 Å². The van der Waals surface area contributed by atoms with Crippen LogP contribution in [0.2, 0.25) is 0 Å². The second kappa shape index (κ2) is 11.0. The Bertz CT molecular complexity index is 594. The predicted octanol–water partition coefficient (Wildman–Crippen LogP) is 3.26. The molecule has 0 atom stereocenters. The minimum Gasteiger partial charge on any atom is -0.467 e. The van der Waals surface area contributed by atoms with Gasteiger partial charge >= 0.3 is 0 Å². The van der Waals surface area contributed by atoms with Crippen LogP contribution in [0.3, 0.4) is 0 Å². The molecule has 132 valence electrons. The van der Waals surface area contributed by atoms with Gasteiger partial charge in [-0.15, -0.1) is 24.0 Å². The molecule has 0 aliphatic heterocycles. The van der Waals surface area contributed by atoms with Crippen molar-refractivity contribution in [3.05, 3.63) is 54.0 Å². The average Bonchev–Trinajstić information content (AvgIpc) is 3.06.